The average Bonchev–Trinajstić information content (AvgIpc) is 2.48. The van der Waals surface area contributed by atoms with Crippen LogP contribution in [0.25, 0.3) is 10.8 Å². The summed E-state index contributed by atoms with van der Waals surface area (Å²) in [5.74, 6) is 0. The fourth-order valence-electron chi connectivity index (χ4n) is 2.36. The Morgan fingerprint density at radius 2 is 1.55 bits per heavy atom. The minimum absolute atomic E-state index is 0.244. The lowest BCUT2D eigenvalue weighted by molar-refractivity contribution is 0.885. The summed E-state index contributed by atoms with van der Waals surface area (Å²) in [4.78, 5) is 0. The number of hydrogen-bond acceptors (Lipinski definition) is 1. The van der Waals surface area contributed by atoms with Crippen LogP contribution in [0, 0.1) is 0 Å². The molecule has 0 fully saturated rings. The zero-order valence-electron chi connectivity index (χ0n) is 11.3. The summed E-state index contributed by atoms with van der Waals surface area (Å²) in [6, 6.07) is 23.0. The highest BCUT2D eigenvalue weighted by atomic mass is 35.5. The summed E-state index contributed by atoms with van der Waals surface area (Å²) in [7, 11) is 0. The van der Waals surface area contributed by atoms with Crippen LogP contribution >= 0.6 is 11.6 Å². The predicted octanol–water partition coefficient (Wildman–Crippen LogP) is 5.67. The highest BCUT2D eigenvalue weighted by Crippen LogP contribution is 2.24. The molecule has 100 valence electrons. The lowest BCUT2D eigenvalue weighted by atomic mass is 10.1. The summed E-state index contributed by atoms with van der Waals surface area (Å²) in [5, 5.41) is 6.81. The first-order valence-electron chi connectivity index (χ1n) is 6.73. The van der Waals surface area contributed by atoms with Crippen molar-refractivity contribution in [3.8, 4) is 0 Å². The van der Waals surface area contributed by atoms with Crippen LogP contribution in [0.2, 0.25) is 5.02 Å². The topological polar surface area (TPSA) is 12.0 Å². The van der Waals surface area contributed by atoms with Crippen LogP contribution in [0.4, 0.5) is 5.69 Å². The third-order valence-corrected chi connectivity index (χ3v) is 3.75. The van der Waals surface area contributed by atoms with Crippen molar-refractivity contribution < 1.29 is 0 Å². The Kier molecular flexibility index (Phi) is 3.62. The Morgan fingerprint density at radius 3 is 2.30 bits per heavy atom. The monoisotopic (exact) mass is 281 g/mol. The maximum absolute atomic E-state index is 5.92. The highest BCUT2D eigenvalue weighted by molar-refractivity contribution is 6.30. The fraction of sp³-hybridized carbons (Fsp3) is 0.111. The van der Waals surface area contributed by atoms with Gasteiger partial charge in [0.25, 0.3) is 0 Å². The molecular weight excluding hydrogens is 266 g/mol. The van der Waals surface area contributed by atoms with Gasteiger partial charge in [-0.3, -0.25) is 0 Å². The fourth-order valence-corrected chi connectivity index (χ4v) is 2.49. The number of halogens is 1. The van der Waals surface area contributed by atoms with Gasteiger partial charge < -0.3 is 5.32 Å². The molecule has 0 aliphatic rings. The van der Waals surface area contributed by atoms with E-state index < -0.39 is 0 Å². The van der Waals surface area contributed by atoms with E-state index in [1.54, 1.807) is 0 Å². The molecule has 1 unspecified atom stereocenters. The van der Waals surface area contributed by atoms with E-state index >= 15 is 0 Å². The number of benzene rings is 3. The zero-order chi connectivity index (χ0) is 13.9. The van der Waals surface area contributed by atoms with Gasteiger partial charge in [0.05, 0.1) is 0 Å². The molecule has 0 bridgehead atoms. The smallest absolute Gasteiger partial charge is 0.0485 e. The van der Waals surface area contributed by atoms with Gasteiger partial charge in [-0.1, -0.05) is 54.1 Å². The molecule has 0 heterocycles. The third-order valence-electron chi connectivity index (χ3n) is 3.50. The molecule has 0 radical (unpaired) electrons. The molecule has 0 saturated carbocycles. The molecule has 0 spiro atoms. The lowest BCUT2D eigenvalue weighted by Crippen LogP contribution is -2.06. The molecule has 3 aromatic carbocycles. The van der Waals surface area contributed by atoms with Crippen molar-refractivity contribution in [3.05, 3.63) is 77.3 Å². The van der Waals surface area contributed by atoms with Crippen LogP contribution in [-0.4, -0.2) is 0 Å². The second-order valence-corrected chi connectivity index (χ2v) is 5.42. The summed E-state index contributed by atoms with van der Waals surface area (Å²) >= 11 is 5.92. The van der Waals surface area contributed by atoms with E-state index in [-0.39, 0.29) is 6.04 Å². The van der Waals surface area contributed by atoms with E-state index in [2.05, 4.69) is 66.8 Å². The maximum Gasteiger partial charge on any atom is 0.0485 e. The maximum atomic E-state index is 5.92. The summed E-state index contributed by atoms with van der Waals surface area (Å²) in [5.41, 5.74) is 2.36. The van der Waals surface area contributed by atoms with Gasteiger partial charge in [0.15, 0.2) is 0 Å². The van der Waals surface area contributed by atoms with Crippen molar-refractivity contribution in [1.29, 1.82) is 0 Å². The number of rotatable bonds is 3. The molecule has 3 rings (SSSR count). The predicted molar refractivity (Wildman–Crippen MR) is 87.4 cm³/mol. The van der Waals surface area contributed by atoms with Crippen molar-refractivity contribution in [2.45, 2.75) is 13.0 Å². The van der Waals surface area contributed by atoms with Crippen LogP contribution in [0.1, 0.15) is 18.5 Å². The van der Waals surface area contributed by atoms with E-state index in [0.717, 1.165) is 10.7 Å². The molecular formula is C18H16ClN. The Morgan fingerprint density at radius 1 is 0.850 bits per heavy atom. The van der Waals surface area contributed by atoms with E-state index in [1.165, 1.54) is 16.3 Å². The SMILES string of the molecule is CC(Nc1ccc2ccccc2c1)c1ccc(Cl)cc1. The quantitative estimate of drug-likeness (QED) is 0.652. The van der Waals surface area contributed by atoms with Crippen molar-refractivity contribution in [2.75, 3.05) is 5.32 Å². The minimum atomic E-state index is 0.244. The Labute approximate surface area is 124 Å². The van der Waals surface area contributed by atoms with Gasteiger partial charge in [-0.15, -0.1) is 0 Å². The second-order valence-electron chi connectivity index (χ2n) is 4.98. The standard InChI is InChI=1S/C18H16ClN/c1-13(14-6-9-17(19)10-7-14)20-18-11-8-15-4-2-3-5-16(15)12-18/h2-13,20H,1H3. The number of nitrogens with one attached hydrogen (secondary N) is 1. The van der Waals surface area contributed by atoms with Crippen molar-refractivity contribution in [1.82, 2.24) is 0 Å². The summed E-state index contributed by atoms with van der Waals surface area (Å²) in [6.45, 7) is 2.15. The number of anilines is 1. The molecule has 1 nitrogen and oxygen atoms in total. The minimum Gasteiger partial charge on any atom is -0.379 e. The Bertz CT molecular complexity index is 719. The van der Waals surface area contributed by atoms with Gasteiger partial charge in [-0.2, -0.15) is 0 Å². The van der Waals surface area contributed by atoms with Crippen LogP contribution in [0.15, 0.2) is 66.7 Å². The van der Waals surface area contributed by atoms with Crippen LogP contribution < -0.4 is 5.32 Å². The first-order valence-corrected chi connectivity index (χ1v) is 7.11. The number of fused-ring (bicyclic) bond motifs is 1. The Hall–Kier alpha value is -1.99. The van der Waals surface area contributed by atoms with Crippen molar-refractivity contribution in [2.24, 2.45) is 0 Å². The first-order chi connectivity index (χ1) is 9.72. The second kappa shape index (κ2) is 5.56. The van der Waals surface area contributed by atoms with E-state index in [0.29, 0.717) is 0 Å². The normalized spacial score (nSPS) is 12.3. The zero-order valence-corrected chi connectivity index (χ0v) is 12.1. The lowest BCUT2D eigenvalue weighted by Gasteiger charge is -2.16. The van der Waals surface area contributed by atoms with Gasteiger partial charge >= 0.3 is 0 Å². The molecule has 2 heteroatoms. The molecule has 20 heavy (non-hydrogen) atoms. The molecule has 0 aliphatic carbocycles. The van der Waals surface area contributed by atoms with E-state index in [9.17, 15) is 0 Å². The van der Waals surface area contributed by atoms with Crippen LogP contribution in [-0.2, 0) is 0 Å². The summed E-state index contributed by atoms with van der Waals surface area (Å²) < 4.78 is 0. The van der Waals surface area contributed by atoms with Gasteiger partial charge in [-0.25, -0.2) is 0 Å². The molecule has 1 N–H and O–H groups in total. The largest absolute Gasteiger partial charge is 0.379 e. The molecule has 3 aromatic rings. The van der Waals surface area contributed by atoms with Gasteiger partial charge in [0, 0.05) is 16.8 Å². The molecule has 0 aromatic heterocycles. The van der Waals surface area contributed by atoms with Gasteiger partial charge in [-0.05, 0) is 47.5 Å². The Balaban J connectivity index is 1.83. The molecule has 0 aliphatic heterocycles. The van der Waals surface area contributed by atoms with Crippen LogP contribution in [0.3, 0.4) is 0 Å². The van der Waals surface area contributed by atoms with E-state index in [4.69, 9.17) is 11.6 Å². The average molecular weight is 282 g/mol. The van der Waals surface area contributed by atoms with Crippen LogP contribution in [0.5, 0.6) is 0 Å². The highest BCUT2D eigenvalue weighted by Gasteiger charge is 2.05. The molecule has 0 amide bonds. The van der Waals surface area contributed by atoms with E-state index in [1.807, 2.05) is 12.1 Å². The summed E-state index contributed by atoms with van der Waals surface area (Å²) in [6.07, 6.45) is 0. The van der Waals surface area contributed by atoms with Crippen molar-refractivity contribution >= 4 is 28.1 Å². The van der Waals surface area contributed by atoms with Crippen molar-refractivity contribution in [3.63, 3.8) is 0 Å². The molecule has 1 atom stereocenters. The third kappa shape index (κ3) is 2.78. The van der Waals surface area contributed by atoms with Gasteiger partial charge in [0.2, 0.25) is 0 Å². The number of hydrogen-bond donors (Lipinski definition) is 1. The van der Waals surface area contributed by atoms with Gasteiger partial charge in [0.1, 0.15) is 0 Å². The first kappa shape index (κ1) is 13.0. The molecule has 0 saturated heterocycles.